The highest BCUT2D eigenvalue weighted by molar-refractivity contribution is 5.81. The van der Waals surface area contributed by atoms with Crippen LogP contribution in [0.5, 0.6) is 0 Å². The van der Waals surface area contributed by atoms with Crippen LogP contribution in [0.1, 0.15) is 24.4 Å². The quantitative estimate of drug-likeness (QED) is 0.811. The highest BCUT2D eigenvalue weighted by Gasteiger charge is 2.32. The third-order valence-electron chi connectivity index (χ3n) is 3.18. The molecule has 0 aromatic heterocycles. The van der Waals surface area contributed by atoms with Gasteiger partial charge in [0.2, 0.25) is 0 Å². The fourth-order valence-corrected chi connectivity index (χ4v) is 2.25. The van der Waals surface area contributed by atoms with Crippen molar-refractivity contribution >= 4 is 5.91 Å². The van der Waals surface area contributed by atoms with Gasteiger partial charge in [-0.3, -0.25) is 4.79 Å². The zero-order valence-electron chi connectivity index (χ0n) is 9.62. The van der Waals surface area contributed by atoms with E-state index in [9.17, 15) is 15.0 Å². The Morgan fingerprint density at radius 1 is 1.35 bits per heavy atom. The van der Waals surface area contributed by atoms with Crippen molar-refractivity contribution in [1.82, 2.24) is 4.90 Å². The maximum absolute atomic E-state index is 11.9. The van der Waals surface area contributed by atoms with Crippen molar-refractivity contribution in [3.8, 4) is 0 Å². The first-order valence-electron chi connectivity index (χ1n) is 5.88. The molecule has 1 aliphatic heterocycles. The number of aliphatic hydroxyl groups excluding tert-OH is 2. The van der Waals surface area contributed by atoms with Crippen LogP contribution in [0, 0.1) is 0 Å². The Kier molecular flexibility index (Phi) is 3.76. The van der Waals surface area contributed by atoms with E-state index >= 15 is 0 Å². The van der Waals surface area contributed by atoms with E-state index in [0.717, 1.165) is 12.0 Å². The van der Waals surface area contributed by atoms with Gasteiger partial charge in [-0.25, -0.2) is 0 Å². The minimum atomic E-state index is -0.915. The molecule has 1 fully saturated rings. The van der Waals surface area contributed by atoms with Crippen molar-refractivity contribution in [3.05, 3.63) is 35.9 Å². The van der Waals surface area contributed by atoms with Crippen LogP contribution in [0.2, 0.25) is 0 Å². The van der Waals surface area contributed by atoms with Gasteiger partial charge in [-0.2, -0.15) is 0 Å². The Bertz CT molecular complexity index is 380. The van der Waals surface area contributed by atoms with Gasteiger partial charge in [0.05, 0.1) is 12.6 Å². The highest BCUT2D eigenvalue weighted by Crippen LogP contribution is 2.24. The van der Waals surface area contributed by atoms with Crippen molar-refractivity contribution < 1.29 is 15.0 Å². The number of carbonyl (C=O) groups is 1. The van der Waals surface area contributed by atoms with Gasteiger partial charge in [0, 0.05) is 6.54 Å². The number of hydrogen-bond acceptors (Lipinski definition) is 3. The topological polar surface area (TPSA) is 60.8 Å². The van der Waals surface area contributed by atoms with Gasteiger partial charge in [-0.05, 0) is 18.4 Å². The molecule has 1 aromatic rings. The van der Waals surface area contributed by atoms with Gasteiger partial charge in [-0.1, -0.05) is 30.3 Å². The van der Waals surface area contributed by atoms with E-state index in [1.54, 1.807) is 4.90 Å². The summed E-state index contributed by atoms with van der Waals surface area (Å²) in [7, 11) is 0. The second-order valence-corrected chi connectivity index (χ2v) is 4.30. The Labute approximate surface area is 100 Å². The van der Waals surface area contributed by atoms with Crippen LogP contribution in [0.25, 0.3) is 0 Å². The van der Waals surface area contributed by atoms with E-state index in [1.807, 2.05) is 30.3 Å². The molecule has 2 atom stereocenters. The molecular weight excluding hydrogens is 218 g/mol. The number of likely N-dealkylation sites (tertiary alicyclic amines) is 1. The average molecular weight is 235 g/mol. The van der Waals surface area contributed by atoms with E-state index in [1.165, 1.54) is 0 Å². The van der Waals surface area contributed by atoms with Crippen molar-refractivity contribution in [3.63, 3.8) is 0 Å². The second kappa shape index (κ2) is 5.29. The lowest BCUT2D eigenvalue weighted by atomic mass is 10.0. The summed E-state index contributed by atoms with van der Waals surface area (Å²) in [5, 5.41) is 19.0. The summed E-state index contributed by atoms with van der Waals surface area (Å²) in [5.41, 5.74) is 0.900. The maximum atomic E-state index is 11.9. The molecular formula is C13H17NO3. The fraction of sp³-hybridized carbons (Fsp3) is 0.462. The molecule has 1 saturated heterocycles. The summed E-state index contributed by atoms with van der Waals surface area (Å²) >= 11 is 0. The Balaban J connectivity index is 2.21. The number of piperidine rings is 1. The molecule has 1 aromatic carbocycles. The smallest absolute Gasteiger partial charge is 0.252 e. The summed E-state index contributed by atoms with van der Waals surface area (Å²) < 4.78 is 0. The number of benzene rings is 1. The van der Waals surface area contributed by atoms with Crippen molar-refractivity contribution in [2.45, 2.75) is 25.0 Å². The van der Waals surface area contributed by atoms with E-state index in [2.05, 4.69) is 0 Å². The minimum absolute atomic E-state index is 0.123. The molecule has 1 aliphatic rings. The lowest BCUT2D eigenvalue weighted by Crippen LogP contribution is -2.46. The molecule has 0 radical (unpaired) electrons. The number of amides is 1. The first-order valence-corrected chi connectivity index (χ1v) is 5.88. The Morgan fingerprint density at radius 3 is 2.71 bits per heavy atom. The van der Waals surface area contributed by atoms with E-state index in [-0.39, 0.29) is 18.6 Å². The molecule has 0 bridgehead atoms. The Morgan fingerprint density at radius 2 is 2.06 bits per heavy atom. The van der Waals surface area contributed by atoms with Crippen LogP contribution < -0.4 is 0 Å². The van der Waals surface area contributed by atoms with Gasteiger partial charge >= 0.3 is 0 Å². The molecule has 4 nitrogen and oxygen atoms in total. The molecule has 4 heteroatoms. The molecule has 92 valence electrons. The van der Waals surface area contributed by atoms with Crippen molar-refractivity contribution in [2.75, 3.05) is 13.2 Å². The van der Waals surface area contributed by atoms with Crippen molar-refractivity contribution in [2.24, 2.45) is 0 Å². The molecule has 0 spiro atoms. The molecule has 0 unspecified atom stereocenters. The van der Waals surface area contributed by atoms with Crippen LogP contribution in [0.3, 0.4) is 0 Å². The van der Waals surface area contributed by atoms with Crippen LogP contribution >= 0.6 is 0 Å². The second-order valence-electron chi connectivity index (χ2n) is 4.30. The molecule has 2 rings (SSSR count). The number of rotatable bonds is 3. The lowest BCUT2D eigenvalue weighted by molar-refractivity contribution is -0.147. The molecule has 0 aliphatic carbocycles. The molecule has 2 N–H and O–H groups in total. The lowest BCUT2D eigenvalue weighted by Gasteiger charge is -2.35. The summed E-state index contributed by atoms with van der Waals surface area (Å²) in [4.78, 5) is 13.4. The summed E-state index contributed by atoms with van der Waals surface area (Å²) in [5.74, 6) is -0.279. The fourth-order valence-electron chi connectivity index (χ4n) is 2.25. The first-order chi connectivity index (χ1) is 8.24. The van der Waals surface area contributed by atoms with Gasteiger partial charge in [0.1, 0.15) is 6.10 Å². The van der Waals surface area contributed by atoms with Crippen LogP contribution in [-0.2, 0) is 4.79 Å². The standard InChI is InChI=1S/C13H17NO3/c15-9-11(10-5-2-1-3-6-10)14-8-4-7-12(16)13(14)17/h1-3,5-6,11-12,15-16H,4,7-9H2/t11-,12-/m0/s1. The van der Waals surface area contributed by atoms with Gasteiger partial charge in [0.15, 0.2) is 0 Å². The molecule has 0 saturated carbocycles. The zero-order chi connectivity index (χ0) is 12.3. The van der Waals surface area contributed by atoms with E-state index < -0.39 is 6.10 Å². The zero-order valence-corrected chi connectivity index (χ0v) is 9.62. The van der Waals surface area contributed by atoms with Crippen LogP contribution in [0.4, 0.5) is 0 Å². The largest absolute Gasteiger partial charge is 0.394 e. The molecule has 1 heterocycles. The Hall–Kier alpha value is -1.39. The van der Waals surface area contributed by atoms with Gasteiger partial charge in [-0.15, -0.1) is 0 Å². The monoisotopic (exact) mass is 235 g/mol. The predicted molar refractivity (Wildman–Crippen MR) is 63.2 cm³/mol. The summed E-state index contributed by atoms with van der Waals surface area (Å²) in [6.07, 6.45) is 0.375. The van der Waals surface area contributed by atoms with Gasteiger partial charge in [0.25, 0.3) is 5.91 Å². The summed E-state index contributed by atoms with van der Waals surface area (Å²) in [6.45, 7) is 0.471. The number of carbonyl (C=O) groups excluding carboxylic acids is 1. The molecule has 1 amide bonds. The van der Waals surface area contributed by atoms with Crippen LogP contribution in [-0.4, -0.2) is 40.3 Å². The van der Waals surface area contributed by atoms with E-state index in [0.29, 0.717) is 13.0 Å². The normalized spacial score (nSPS) is 22.6. The number of aliphatic hydroxyl groups is 2. The number of nitrogens with zero attached hydrogens (tertiary/aromatic N) is 1. The third kappa shape index (κ3) is 2.48. The maximum Gasteiger partial charge on any atom is 0.252 e. The van der Waals surface area contributed by atoms with Gasteiger partial charge < -0.3 is 15.1 Å². The predicted octanol–water partition coefficient (Wildman–Crippen LogP) is 0.703. The SMILES string of the molecule is O=C1[C@@H](O)CCCN1[C@@H](CO)c1ccccc1. The third-order valence-corrected chi connectivity index (χ3v) is 3.18. The molecule has 17 heavy (non-hydrogen) atoms. The number of hydrogen-bond donors (Lipinski definition) is 2. The van der Waals surface area contributed by atoms with Crippen LogP contribution in [0.15, 0.2) is 30.3 Å². The first kappa shape index (κ1) is 12.1. The van der Waals surface area contributed by atoms with Crippen molar-refractivity contribution in [1.29, 1.82) is 0 Å². The highest BCUT2D eigenvalue weighted by atomic mass is 16.3. The minimum Gasteiger partial charge on any atom is -0.394 e. The average Bonchev–Trinajstić information content (AvgIpc) is 2.37. The van der Waals surface area contributed by atoms with E-state index in [4.69, 9.17) is 0 Å². The summed E-state index contributed by atoms with van der Waals surface area (Å²) in [6, 6.07) is 9.07.